The third-order valence-corrected chi connectivity index (χ3v) is 4.77. The summed E-state index contributed by atoms with van der Waals surface area (Å²) >= 11 is 0. The molecule has 0 aromatic heterocycles. The van der Waals surface area contributed by atoms with E-state index in [1.54, 1.807) is 53.4 Å². The normalized spacial score (nSPS) is 14.0. The number of amides is 2. The summed E-state index contributed by atoms with van der Waals surface area (Å²) in [6.45, 7) is 7.33. The topological polar surface area (TPSA) is 67.9 Å². The Hall–Kier alpha value is -2.86. The van der Waals surface area contributed by atoms with Gasteiger partial charge >= 0.3 is 0 Å². The Bertz CT molecular complexity index is 810. The van der Waals surface area contributed by atoms with Crippen LogP contribution in [-0.2, 0) is 4.74 Å². The van der Waals surface area contributed by atoms with Gasteiger partial charge in [0.15, 0.2) is 0 Å². The Labute approximate surface area is 171 Å². The molecule has 2 aromatic rings. The van der Waals surface area contributed by atoms with E-state index < -0.39 is 0 Å². The van der Waals surface area contributed by atoms with Crippen LogP contribution in [0.15, 0.2) is 48.5 Å². The number of ether oxygens (including phenoxy) is 2. The Morgan fingerprint density at radius 1 is 1.00 bits per heavy atom. The van der Waals surface area contributed by atoms with Gasteiger partial charge in [0.2, 0.25) is 0 Å². The molecule has 1 saturated heterocycles. The fourth-order valence-electron chi connectivity index (χ4n) is 2.96. The number of carbonyl (C=O) groups is 2. The number of hydrogen-bond acceptors (Lipinski definition) is 4. The molecule has 3 rings (SSSR count). The van der Waals surface area contributed by atoms with Crippen molar-refractivity contribution in [1.82, 2.24) is 4.90 Å². The molecule has 0 spiro atoms. The molecule has 0 atom stereocenters. The van der Waals surface area contributed by atoms with E-state index in [4.69, 9.17) is 9.47 Å². The second-order valence-electron chi connectivity index (χ2n) is 7.49. The SMILES string of the molecule is CC(C)CCOc1ccc(C(=O)Nc2ccc(C(=O)N3CCOCC3)cc2)cc1. The molecule has 6 nitrogen and oxygen atoms in total. The van der Waals surface area contributed by atoms with Crippen LogP contribution in [0.2, 0.25) is 0 Å². The van der Waals surface area contributed by atoms with Crippen molar-refractivity contribution >= 4 is 17.5 Å². The lowest BCUT2D eigenvalue weighted by molar-refractivity contribution is 0.0303. The van der Waals surface area contributed by atoms with Crippen molar-refractivity contribution in [3.05, 3.63) is 59.7 Å². The van der Waals surface area contributed by atoms with Gasteiger partial charge in [-0.15, -0.1) is 0 Å². The van der Waals surface area contributed by atoms with E-state index in [1.807, 2.05) is 0 Å². The summed E-state index contributed by atoms with van der Waals surface area (Å²) in [4.78, 5) is 26.7. The highest BCUT2D eigenvalue weighted by atomic mass is 16.5. The lowest BCUT2D eigenvalue weighted by atomic mass is 10.1. The summed E-state index contributed by atoms with van der Waals surface area (Å²) in [6.07, 6.45) is 0.992. The predicted molar refractivity (Wildman–Crippen MR) is 113 cm³/mol. The number of nitrogens with one attached hydrogen (secondary N) is 1. The van der Waals surface area contributed by atoms with Crippen molar-refractivity contribution in [2.45, 2.75) is 20.3 Å². The molecule has 0 radical (unpaired) electrons. The molecule has 2 aromatic carbocycles. The molecule has 0 saturated carbocycles. The summed E-state index contributed by atoms with van der Waals surface area (Å²) in [7, 11) is 0. The standard InChI is InChI=1S/C23H28N2O4/c1-17(2)11-14-29-21-9-5-18(6-10-21)22(26)24-20-7-3-19(4-8-20)23(27)25-12-15-28-16-13-25/h3-10,17H,11-16H2,1-2H3,(H,24,26). The van der Waals surface area contributed by atoms with E-state index in [0.29, 0.717) is 55.6 Å². The van der Waals surface area contributed by atoms with Crippen LogP contribution in [0.25, 0.3) is 0 Å². The third kappa shape index (κ3) is 6.06. The second-order valence-corrected chi connectivity index (χ2v) is 7.49. The first-order chi connectivity index (χ1) is 14.0. The summed E-state index contributed by atoms with van der Waals surface area (Å²) < 4.78 is 11.0. The monoisotopic (exact) mass is 396 g/mol. The first-order valence-electron chi connectivity index (χ1n) is 10.0. The van der Waals surface area contributed by atoms with Gasteiger partial charge in [-0.3, -0.25) is 9.59 Å². The number of benzene rings is 2. The van der Waals surface area contributed by atoms with E-state index in [0.717, 1.165) is 12.2 Å². The van der Waals surface area contributed by atoms with Gasteiger partial charge in [-0.2, -0.15) is 0 Å². The van der Waals surface area contributed by atoms with E-state index >= 15 is 0 Å². The highest BCUT2D eigenvalue weighted by molar-refractivity contribution is 6.04. The largest absolute Gasteiger partial charge is 0.494 e. The van der Waals surface area contributed by atoms with E-state index in [-0.39, 0.29) is 11.8 Å². The smallest absolute Gasteiger partial charge is 0.255 e. The summed E-state index contributed by atoms with van der Waals surface area (Å²) in [6, 6.07) is 14.1. The minimum Gasteiger partial charge on any atom is -0.494 e. The van der Waals surface area contributed by atoms with Crippen LogP contribution in [-0.4, -0.2) is 49.6 Å². The first kappa shape index (κ1) is 20.9. The van der Waals surface area contributed by atoms with Crippen LogP contribution < -0.4 is 10.1 Å². The van der Waals surface area contributed by atoms with Gasteiger partial charge in [-0.1, -0.05) is 13.8 Å². The van der Waals surface area contributed by atoms with Crippen molar-refractivity contribution in [2.75, 3.05) is 38.2 Å². The van der Waals surface area contributed by atoms with Crippen LogP contribution in [0.1, 0.15) is 41.0 Å². The number of hydrogen-bond donors (Lipinski definition) is 1. The molecule has 0 aliphatic carbocycles. The van der Waals surface area contributed by atoms with Gasteiger partial charge < -0.3 is 19.7 Å². The molecule has 1 fully saturated rings. The van der Waals surface area contributed by atoms with Crippen LogP contribution in [0.5, 0.6) is 5.75 Å². The van der Waals surface area contributed by atoms with E-state index in [2.05, 4.69) is 19.2 Å². The molecular weight excluding hydrogens is 368 g/mol. The average Bonchev–Trinajstić information content (AvgIpc) is 2.74. The van der Waals surface area contributed by atoms with Crippen molar-refractivity contribution < 1.29 is 19.1 Å². The van der Waals surface area contributed by atoms with Gasteiger partial charge in [0.25, 0.3) is 11.8 Å². The minimum absolute atomic E-state index is 0.0146. The van der Waals surface area contributed by atoms with Gasteiger partial charge in [0.05, 0.1) is 19.8 Å². The molecule has 1 heterocycles. The minimum atomic E-state index is -0.203. The molecular formula is C23H28N2O4. The zero-order chi connectivity index (χ0) is 20.6. The van der Waals surface area contributed by atoms with Gasteiger partial charge in [-0.05, 0) is 60.9 Å². The van der Waals surface area contributed by atoms with Gasteiger partial charge in [0, 0.05) is 29.9 Å². The molecule has 154 valence electrons. The highest BCUT2D eigenvalue weighted by Crippen LogP contribution is 2.16. The quantitative estimate of drug-likeness (QED) is 0.772. The lowest BCUT2D eigenvalue weighted by Crippen LogP contribution is -2.40. The Kier molecular flexibility index (Phi) is 7.25. The number of carbonyl (C=O) groups excluding carboxylic acids is 2. The first-order valence-corrected chi connectivity index (χ1v) is 10.0. The molecule has 0 unspecified atom stereocenters. The maximum Gasteiger partial charge on any atom is 0.255 e. The average molecular weight is 396 g/mol. The Morgan fingerprint density at radius 2 is 1.62 bits per heavy atom. The van der Waals surface area contributed by atoms with Crippen LogP contribution in [0, 0.1) is 5.92 Å². The predicted octanol–water partition coefficient (Wildman–Crippen LogP) is 3.84. The molecule has 1 N–H and O–H groups in total. The van der Waals surface area contributed by atoms with Crippen molar-refractivity contribution in [2.24, 2.45) is 5.92 Å². The van der Waals surface area contributed by atoms with Crippen LogP contribution in [0.3, 0.4) is 0 Å². The Morgan fingerprint density at radius 3 is 2.24 bits per heavy atom. The highest BCUT2D eigenvalue weighted by Gasteiger charge is 2.18. The molecule has 1 aliphatic heterocycles. The zero-order valence-electron chi connectivity index (χ0n) is 17.0. The van der Waals surface area contributed by atoms with E-state index in [9.17, 15) is 9.59 Å². The van der Waals surface area contributed by atoms with Crippen molar-refractivity contribution in [3.63, 3.8) is 0 Å². The van der Waals surface area contributed by atoms with Gasteiger partial charge in [0.1, 0.15) is 5.75 Å². The molecule has 1 aliphatic rings. The molecule has 0 bridgehead atoms. The maximum absolute atomic E-state index is 12.5. The zero-order valence-corrected chi connectivity index (χ0v) is 17.0. The summed E-state index contributed by atoms with van der Waals surface area (Å²) in [5, 5.41) is 2.86. The van der Waals surface area contributed by atoms with Crippen molar-refractivity contribution in [1.29, 1.82) is 0 Å². The van der Waals surface area contributed by atoms with Crippen LogP contribution >= 0.6 is 0 Å². The maximum atomic E-state index is 12.5. The number of rotatable bonds is 7. The van der Waals surface area contributed by atoms with Crippen LogP contribution in [0.4, 0.5) is 5.69 Å². The third-order valence-electron chi connectivity index (χ3n) is 4.77. The van der Waals surface area contributed by atoms with Gasteiger partial charge in [-0.25, -0.2) is 0 Å². The fraction of sp³-hybridized carbons (Fsp3) is 0.391. The molecule has 2 amide bonds. The summed E-state index contributed by atoms with van der Waals surface area (Å²) in [5.74, 6) is 1.13. The molecule has 29 heavy (non-hydrogen) atoms. The number of nitrogens with zero attached hydrogens (tertiary/aromatic N) is 1. The Balaban J connectivity index is 1.54. The van der Waals surface area contributed by atoms with Crippen molar-refractivity contribution in [3.8, 4) is 5.75 Å². The number of morpholine rings is 1. The lowest BCUT2D eigenvalue weighted by Gasteiger charge is -2.26. The molecule has 6 heteroatoms. The number of anilines is 1. The van der Waals surface area contributed by atoms with E-state index in [1.165, 1.54) is 0 Å². The fourth-order valence-corrected chi connectivity index (χ4v) is 2.96. The summed E-state index contributed by atoms with van der Waals surface area (Å²) in [5.41, 5.74) is 1.80. The second kappa shape index (κ2) is 10.1.